The van der Waals surface area contributed by atoms with E-state index in [0.717, 1.165) is 5.56 Å². The normalized spacial score (nSPS) is 17.0. The van der Waals surface area contributed by atoms with Crippen LogP contribution >= 0.6 is 0 Å². The standard InChI is InChI=1S/C27H25NO6/c1-32-19-11-9-17(10-12-19)16-28-24(18-7-5-4-6-8-18)23(26(30)27(28)31)25(29)21-14-13-20(33-2)15-22(21)34-3/h4-15,24,29H,16H2,1-3H3/b25-23-. The zero-order valence-corrected chi connectivity index (χ0v) is 19.1. The molecule has 7 nitrogen and oxygen atoms in total. The second kappa shape index (κ2) is 9.70. The van der Waals surface area contributed by atoms with Crippen molar-refractivity contribution in [2.45, 2.75) is 12.6 Å². The summed E-state index contributed by atoms with van der Waals surface area (Å²) in [4.78, 5) is 27.9. The Morgan fingerprint density at radius 1 is 0.853 bits per heavy atom. The lowest BCUT2D eigenvalue weighted by molar-refractivity contribution is -0.140. The Kier molecular flexibility index (Phi) is 6.54. The highest BCUT2D eigenvalue weighted by atomic mass is 16.5. The van der Waals surface area contributed by atoms with Gasteiger partial charge in [0.1, 0.15) is 23.0 Å². The average molecular weight is 459 g/mol. The third kappa shape index (κ3) is 4.20. The fourth-order valence-electron chi connectivity index (χ4n) is 4.09. The number of nitrogens with zero attached hydrogens (tertiary/aromatic N) is 1. The Balaban J connectivity index is 1.84. The maximum absolute atomic E-state index is 13.2. The van der Waals surface area contributed by atoms with Crippen molar-refractivity contribution < 1.29 is 28.9 Å². The molecular formula is C27H25NO6. The molecule has 3 aromatic carbocycles. The van der Waals surface area contributed by atoms with Crippen LogP contribution in [0.4, 0.5) is 0 Å². The van der Waals surface area contributed by atoms with Crippen molar-refractivity contribution in [3.8, 4) is 17.2 Å². The molecule has 3 aromatic rings. The van der Waals surface area contributed by atoms with Gasteiger partial charge in [0, 0.05) is 12.6 Å². The van der Waals surface area contributed by atoms with E-state index in [1.165, 1.54) is 19.1 Å². The van der Waals surface area contributed by atoms with Crippen LogP contribution in [0, 0.1) is 0 Å². The lowest BCUT2D eigenvalue weighted by atomic mass is 9.95. The van der Waals surface area contributed by atoms with E-state index in [9.17, 15) is 14.7 Å². The number of hydrogen-bond donors (Lipinski definition) is 1. The number of benzene rings is 3. The lowest BCUT2D eigenvalue weighted by Gasteiger charge is -2.25. The van der Waals surface area contributed by atoms with Crippen LogP contribution in [0.15, 0.2) is 78.4 Å². The zero-order chi connectivity index (χ0) is 24.2. The molecule has 0 aliphatic carbocycles. The largest absolute Gasteiger partial charge is 0.507 e. The van der Waals surface area contributed by atoms with Crippen LogP contribution in [-0.2, 0) is 16.1 Å². The van der Waals surface area contributed by atoms with E-state index in [1.54, 1.807) is 37.4 Å². The van der Waals surface area contributed by atoms with Crippen LogP contribution in [0.1, 0.15) is 22.7 Å². The number of aliphatic hydroxyl groups is 1. The number of ether oxygens (including phenoxy) is 3. The second-order valence-electron chi connectivity index (χ2n) is 7.75. The first-order valence-corrected chi connectivity index (χ1v) is 10.7. The molecule has 4 rings (SSSR count). The summed E-state index contributed by atoms with van der Waals surface area (Å²) in [6, 6.07) is 20.5. The SMILES string of the molecule is COc1ccc(CN2C(=O)C(=O)/C(=C(\O)c3ccc(OC)cc3OC)C2c2ccccc2)cc1. The second-order valence-corrected chi connectivity index (χ2v) is 7.75. The van der Waals surface area contributed by atoms with E-state index in [2.05, 4.69) is 0 Å². The highest BCUT2D eigenvalue weighted by Gasteiger charge is 2.46. The molecule has 0 aromatic heterocycles. The molecule has 0 bridgehead atoms. The van der Waals surface area contributed by atoms with Gasteiger partial charge in [0.15, 0.2) is 0 Å². The van der Waals surface area contributed by atoms with E-state index in [4.69, 9.17) is 14.2 Å². The first-order chi connectivity index (χ1) is 16.5. The van der Waals surface area contributed by atoms with Gasteiger partial charge in [0.2, 0.25) is 0 Å². The molecule has 1 N–H and O–H groups in total. The van der Waals surface area contributed by atoms with E-state index >= 15 is 0 Å². The number of carbonyl (C=O) groups is 2. The van der Waals surface area contributed by atoms with Gasteiger partial charge in [0.25, 0.3) is 11.7 Å². The third-order valence-electron chi connectivity index (χ3n) is 5.83. The van der Waals surface area contributed by atoms with Crippen LogP contribution in [0.5, 0.6) is 17.2 Å². The van der Waals surface area contributed by atoms with E-state index < -0.39 is 17.7 Å². The number of ketones is 1. The molecule has 1 heterocycles. The van der Waals surface area contributed by atoms with Crippen LogP contribution in [0.2, 0.25) is 0 Å². The van der Waals surface area contributed by atoms with Crippen molar-refractivity contribution in [3.63, 3.8) is 0 Å². The van der Waals surface area contributed by atoms with Gasteiger partial charge in [-0.1, -0.05) is 42.5 Å². The van der Waals surface area contributed by atoms with E-state index in [1.807, 2.05) is 42.5 Å². The number of Topliss-reactive ketones (excluding diaryl/α,β-unsaturated/α-hetero) is 1. The highest BCUT2D eigenvalue weighted by molar-refractivity contribution is 6.46. The molecule has 0 radical (unpaired) electrons. The van der Waals surface area contributed by atoms with Crippen LogP contribution in [0.25, 0.3) is 5.76 Å². The van der Waals surface area contributed by atoms with E-state index in [-0.39, 0.29) is 17.9 Å². The Labute approximate surface area is 197 Å². The van der Waals surface area contributed by atoms with E-state index in [0.29, 0.717) is 28.4 Å². The number of carbonyl (C=O) groups excluding carboxylic acids is 2. The van der Waals surface area contributed by atoms with Crippen molar-refractivity contribution in [3.05, 3.63) is 95.1 Å². The maximum atomic E-state index is 13.2. The quantitative estimate of drug-likeness (QED) is 0.322. The molecule has 1 saturated heterocycles. The molecule has 1 unspecified atom stereocenters. The summed E-state index contributed by atoms with van der Waals surface area (Å²) < 4.78 is 15.9. The summed E-state index contributed by atoms with van der Waals surface area (Å²) in [6.07, 6.45) is 0. The molecule has 0 spiro atoms. The molecule has 174 valence electrons. The van der Waals surface area contributed by atoms with Crippen LogP contribution < -0.4 is 14.2 Å². The van der Waals surface area contributed by atoms with Crippen molar-refractivity contribution in [2.75, 3.05) is 21.3 Å². The lowest BCUT2D eigenvalue weighted by Crippen LogP contribution is -2.29. The first-order valence-electron chi connectivity index (χ1n) is 10.7. The van der Waals surface area contributed by atoms with Crippen molar-refractivity contribution in [1.29, 1.82) is 0 Å². The smallest absolute Gasteiger partial charge is 0.295 e. The number of likely N-dealkylation sites (tertiary alicyclic amines) is 1. The topological polar surface area (TPSA) is 85.3 Å². The maximum Gasteiger partial charge on any atom is 0.295 e. The Morgan fingerprint density at radius 2 is 1.50 bits per heavy atom. The Morgan fingerprint density at radius 3 is 2.12 bits per heavy atom. The molecule has 1 fully saturated rings. The van der Waals surface area contributed by atoms with Gasteiger partial charge in [-0.05, 0) is 35.4 Å². The number of amides is 1. The minimum Gasteiger partial charge on any atom is -0.507 e. The summed E-state index contributed by atoms with van der Waals surface area (Å²) in [5.74, 6) is -0.185. The van der Waals surface area contributed by atoms with Crippen LogP contribution in [-0.4, -0.2) is 43.0 Å². The van der Waals surface area contributed by atoms with Crippen LogP contribution in [0.3, 0.4) is 0 Å². The minimum atomic E-state index is -0.768. The Bertz CT molecular complexity index is 1230. The average Bonchev–Trinajstić information content (AvgIpc) is 3.13. The predicted octanol–water partition coefficient (Wildman–Crippen LogP) is 4.33. The predicted molar refractivity (Wildman–Crippen MR) is 127 cm³/mol. The molecule has 0 saturated carbocycles. The highest BCUT2D eigenvalue weighted by Crippen LogP contribution is 2.42. The number of hydrogen-bond acceptors (Lipinski definition) is 6. The Hall–Kier alpha value is -4.26. The van der Waals surface area contributed by atoms with Gasteiger partial charge in [-0.25, -0.2) is 0 Å². The number of aliphatic hydroxyl groups excluding tert-OH is 1. The number of rotatable bonds is 7. The molecule has 7 heteroatoms. The fraction of sp³-hybridized carbons (Fsp3) is 0.185. The summed E-state index contributed by atoms with van der Waals surface area (Å²) in [7, 11) is 4.56. The number of methoxy groups -OCH3 is 3. The summed E-state index contributed by atoms with van der Waals surface area (Å²) >= 11 is 0. The monoisotopic (exact) mass is 459 g/mol. The molecule has 1 aliphatic heterocycles. The van der Waals surface area contributed by atoms with Crippen molar-refractivity contribution in [2.24, 2.45) is 0 Å². The first kappa shape index (κ1) is 22.9. The van der Waals surface area contributed by atoms with Gasteiger partial charge in [-0.3, -0.25) is 9.59 Å². The zero-order valence-electron chi connectivity index (χ0n) is 19.1. The molecule has 1 atom stereocenters. The van der Waals surface area contributed by atoms with Crippen molar-refractivity contribution >= 4 is 17.4 Å². The van der Waals surface area contributed by atoms with Gasteiger partial charge in [-0.2, -0.15) is 0 Å². The summed E-state index contributed by atoms with van der Waals surface area (Å²) in [5, 5.41) is 11.3. The van der Waals surface area contributed by atoms with Gasteiger partial charge in [-0.15, -0.1) is 0 Å². The third-order valence-corrected chi connectivity index (χ3v) is 5.83. The van der Waals surface area contributed by atoms with Gasteiger partial charge >= 0.3 is 0 Å². The van der Waals surface area contributed by atoms with Crippen molar-refractivity contribution in [1.82, 2.24) is 4.90 Å². The van der Waals surface area contributed by atoms with Gasteiger partial charge < -0.3 is 24.2 Å². The minimum absolute atomic E-state index is 0.00757. The molecule has 34 heavy (non-hydrogen) atoms. The molecule has 1 aliphatic rings. The molecule has 1 amide bonds. The van der Waals surface area contributed by atoms with Gasteiger partial charge in [0.05, 0.1) is 38.5 Å². The summed E-state index contributed by atoms with van der Waals surface area (Å²) in [5.41, 5.74) is 1.84. The fourth-order valence-corrected chi connectivity index (χ4v) is 4.09. The molecular weight excluding hydrogens is 434 g/mol. The summed E-state index contributed by atoms with van der Waals surface area (Å²) in [6.45, 7) is 0.185.